The lowest BCUT2D eigenvalue weighted by Gasteiger charge is -2.20. The van der Waals surface area contributed by atoms with Crippen molar-refractivity contribution >= 4 is 17.7 Å². The van der Waals surface area contributed by atoms with E-state index in [0.29, 0.717) is 18.7 Å². The number of imidazole rings is 1. The first kappa shape index (κ1) is 16.1. The average molecular weight is 331 g/mol. The van der Waals surface area contributed by atoms with Gasteiger partial charge in [0.1, 0.15) is 5.82 Å². The number of hydrogen-bond acceptors (Lipinski definition) is 4. The summed E-state index contributed by atoms with van der Waals surface area (Å²) in [6.45, 7) is 1.16. The number of amides is 1. The fraction of sp³-hybridized carbons (Fsp3) is 0.412. The Morgan fingerprint density at radius 2 is 2.22 bits per heavy atom. The molecule has 1 aliphatic heterocycles. The quantitative estimate of drug-likeness (QED) is 0.844. The molecule has 1 amide bonds. The second-order valence-corrected chi connectivity index (χ2v) is 6.89. The van der Waals surface area contributed by atoms with E-state index in [2.05, 4.69) is 22.4 Å². The Hall–Kier alpha value is -1.79. The van der Waals surface area contributed by atoms with Crippen LogP contribution in [0.25, 0.3) is 0 Å². The van der Waals surface area contributed by atoms with Crippen molar-refractivity contribution in [2.45, 2.75) is 31.5 Å². The van der Waals surface area contributed by atoms with Gasteiger partial charge in [0, 0.05) is 24.7 Å². The lowest BCUT2D eigenvalue weighted by Crippen LogP contribution is -2.46. The molecule has 122 valence electrons. The van der Waals surface area contributed by atoms with Crippen LogP contribution in [0.4, 0.5) is 0 Å². The highest BCUT2D eigenvalue weighted by atomic mass is 32.2. The first-order valence-corrected chi connectivity index (χ1v) is 8.95. The van der Waals surface area contributed by atoms with Crippen LogP contribution in [0.3, 0.4) is 0 Å². The van der Waals surface area contributed by atoms with E-state index >= 15 is 0 Å². The van der Waals surface area contributed by atoms with Gasteiger partial charge in [-0.25, -0.2) is 4.98 Å². The molecule has 2 N–H and O–H groups in total. The molecule has 2 aromatic rings. The fourth-order valence-electron chi connectivity index (χ4n) is 2.66. The first-order chi connectivity index (χ1) is 11.2. The van der Waals surface area contributed by atoms with E-state index < -0.39 is 5.60 Å². The van der Waals surface area contributed by atoms with E-state index in [0.717, 1.165) is 24.5 Å². The second kappa shape index (κ2) is 7.19. The first-order valence-electron chi connectivity index (χ1n) is 7.80. The van der Waals surface area contributed by atoms with Gasteiger partial charge in [-0.05, 0) is 24.2 Å². The average Bonchev–Trinajstić information content (AvgIpc) is 3.21. The molecule has 0 saturated carbocycles. The zero-order valence-corrected chi connectivity index (χ0v) is 13.8. The molecule has 0 spiro atoms. The molecule has 1 saturated heterocycles. The Bertz CT molecular complexity index is 651. The Morgan fingerprint density at radius 3 is 2.96 bits per heavy atom. The minimum Gasteiger partial charge on any atom is -0.379 e. The number of rotatable bonds is 6. The third-order valence-electron chi connectivity index (χ3n) is 4.12. The number of hydrogen-bond donors (Lipinski definition) is 2. The number of benzene rings is 1. The van der Waals surface area contributed by atoms with Crippen LogP contribution in [0.2, 0.25) is 0 Å². The molecule has 6 heteroatoms. The Morgan fingerprint density at radius 1 is 1.39 bits per heavy atom. The Kier molecular flexibility index (Phi) is 5.03. The van der Waals surface area contributed by atoms with Crippen LogP contribution >= 0.6 is 11.8 Å². The molecule has 3 rings (SSSR count). The number of aromatic nitrogens is 2. The van der Waals surface area contributed by atoms with E-state index in [1.807, 2.05) is 29.0 Å². The van der Waals surface area contributed by atoms with E-state index in [-0.39, 0.29) is 5.91 Å². The normalized spacial score (nSPS) is 20.6. The molecule has 1 unspecified atom stereocenters. The lowest BCUT2D eigenvalue weighted by molar-refractivity contribution is -0.137. The van der Waals surface area contributed by atoms with Gasteiger partial charge in [-0.2, -0.15) is 11.8 Å². The van der Waals surface area contributed by atoms with Gasteiger partial charge >= 0.3 is 0 Å². The molecule has 1 atom stereocenters. The molecule has 5 nitrogen and oxygen atoms in total. The predicted molar refractivity (Wildman–Crippen MR) is 91.1 cm³/mol. The van der Waals surface area contributed by atoms with Crippen LogP contribution in [0.5, 0.6) is 0 Å². The molecular formula is C17H21N3O2S. The molecule has 1 aromatic carbocycles. The molecule has 0 aliphatic carbocycles. The van der Waals surface area contributed by atoms with Gasteiger partial charge in [0.25, 0.3) is 5.91 Å². The van der Waals surface area contributed by atoms with Crippen LogP contribution in [0.1, 0.15) is 17.8 Å². The highest BCUT2D eigenvalue weighted by Crippen LogP contribution is 2.27. The summed E-state index contributed by atoms with van der Waals surface area (Å²) in [5, 5.41) is 13.1. The van der Waals surface area contributed by atoms with E-state index in [4.69, 9.17) is 0 Å². The topological polar surface area (TPSA) is 67.2 Å². The summed E-state index contributed by atoms with van der Waals surface area (Å²) in [4.78, 5) is 16.5. The van der Waals surface area contributed by atoms with Crippen molar-refractivity contribution in [3.63, 3.8) is 0 Å². The number of nitrogens with one attached hydrogen (secondary N) is 1. The molecule has 2 heterocycles. The van der Waals surface area contributed by atoms with Gasteiger partial charge in [0.15, 0.2) is 5.60 Å². The lowest BCUT2D eigenvalue weighted by atomic mass is 10.0. The number of aliphatic hydroxyl groups is 1. The van der Waals surface area contributed by atoms with E-state index in [1.165, 1.54) is 5.56 Å². The predicted octanol–water partition coefficient (Wildman–Crippen LogP) is 1.61. The summed E-state index contributed by atoms with van der Waals surface area (Å²) in [5.41, 5.74) is 0.0556. The van der Waals surface area contributed by atoms with Crippen molar-refractivity contribution < 1.29 is 9.90 Å². The van der Waals surface area contributed by atoms with Gasteiger partial charge in [0.05, 0.1) is 6.54 Å². The highest BCUT2D eigenvalue weighted by molar-refractivity contribution is 7.99. The summed E-state index contributed by atoms with van der Waals surface area (Å²) in [6.07, 6.45) is 5.10. The monoisotopic (exact) mass is 331 g/mol. The highest BCUT2D eigenvalue weighted by Gasteiger charge is 2.39. The van der Waals surface area contributed by atoms with Crippen LogP contribution in [-0.2, 0) is 24.3 Å². The zero-order chi connectivity index (χ0) is 16.1. The minimum atomic E-state index is -1.22. The third-order valence-corrected chi connectivity index (χ3v) is 5.29. The smallest absolute Gasteiger partial charge is 0.253 e. The van der Waals surface area contributed by atoms with Crippen molar-refractivity contribution in [1.29, 1.82) is 0 Å². The summed E-state index contributed by atoms with van der Waals surface area (Å²) < 4.78 is 2.04. The summed E-state index contributed by atoms with van der Waals surface area (Å²) in [5.74, 6) is 1.82. The molecule has 23 heavy (non-hydrogen) atoms. The SMILES string of the molecule is O=C(NCc1nccn1CCc1ccccc1)C1(O)CCSC1. The second-order valence-electron chi connectivity index (χ2n) is 5.79. The minimum absolute atomic E-state index is 0.292. The molecule has 0 bridgehead atoms. The van der Waals surface area contributed by atoms with Gasteiger partial charge < -0.3 is 15.0 Å². The number of carbonyl (C=O) groups is 1. The van der Waals surface area contributed by atoms with Gasteiger partial charge in [-0.15, -0.1) is 0 Å². The molecule has 1 aromatic heterocycles. The maximum absolute atomic E-state index is 12.1. The maximum Gasteiger partial charge on any atom is 0.253 e. The number of nitrogens with zero attached hydrogens (tertiary/aromatic N) is 2. The molecule has 0 radical (unpaired) electrons. The van der Waals surface area contributed by atoms with Gasteiger partial charge in [-0.1, -0.05) is 30.3 Å². The van der Waals surface area contributed by atoms with Crippen LogP contribution in [0, 0.1) is 0 Å². The summed E-state index contributed by atoms with van der Waals surface area (Å²) in [6, 6.07) is 10.3. The fourth-order valence-corrected chi connectivity index (χ4v) is 3.90. The molecule has 1 fully saturated rings. The number of aryl methyl sites for hydroxylation is 2. The van der Waals surface area contributed by atoms with Gasteiger partial charge in [0.2, 0.25) is 0 Å². The van der Waals surface area contributed by atoms with Crippen LogP contribution in [-0.4, -0.2) is 37.7 Å². The summed E-state index contributed by atoms with van der Waals surface area (Å²) >= 11 is 1.61. The zero-order valence-electron chi connectivity index (χ0n) is 12.9. The van der Waals surface area contributed by atoms with E-state index in [9.17, 15) is 9.90 Å². The van der Waals surface area contributed by atoms with Crippen molar-refractivity contribution in [1.82, 2.24) is 14.9 Å². The maximum atomic E-state index is 12.1. The summed E-state index contributed by atoms with van der Waals surface area (Å²) in [7, 11) is 0. The Labute approximate surface area is 140 Å². The Balaban J connectivity index is 1.55. The van der Waals surface area contributed by atoms with E-state index in [1.54, 1.807) is 18.0 Å². The van der Waals surface area contributed by atoms with Gasteiger partial charge in [-0.3, -0.25) is 4.79 Å². The van der Waals surface area contributed by atoms with Crippen molar-refractivity contribution in [3.05, 3.63) is 54.1 Å². The van der Waals surface area contributed by atoms with Crippen molar-refractivity contribution in [2.75, 3.05) is 11.5 Å². The molecule has 1 aliphatic rings. The van der Waals surface area contributed by atoms with Crippen LogP contribution in [0.15, 0.2) is 42.7 Å². The standard InChI is InChI=1S/C17H21N3O2S/c21-16(17(22)7-11-23-13-17)19-12-15-18-8-10-20(15)9-6-14-4-2-1-3-5-14/h1-5,8,10,22H,6-7,9,11-13H2,(H,19,21). The van der Waals surface area contributed by atoms with Crippen LogP contribution < -0.4 is 5.32 Å². The van der Waals surface area contributed by atoms with Crippen molar-refractivity contribution in [3.8, 4) is 0 Å². The largest absolute Gasteiger partial charge is 0.379 e. The number of carbonyl (C=O) groups excluding carboxylic acids is 1. The third kappa shape index (κ3) is 3.95. The molecular weight excluding hydrogens is 310 g/mol. The van der Waals surface area contributed by atoms with Crippen molar-refractivity contribution in [2.24, 2.45) is 0 Å². The number of thioether (sulfide) groups is 1.